The van der Waals surface area contributed by atoms with Gasteiger partial charge in [0.25, 0.3) is 0 Å². The molecule has 0 amide bonds. The van der Waals surface area contributed by atoms with Crippen molar-refractivity contribution in [2.75, 3.05) is 14.2 Å². The summed E-state index contributed by atoms with van der Waals surface area (Å²) in [4.78, 5) is 0. The van der Waals surface area contributed by atoms with Crippen molar-refractivity contribution < 1.29 is 13.9 Å². The third-order valence-corrected chi connectivity index (χ3v) is 3.30. The summed E-state index contributed by atoms with van der Waals surface area (Å²) in [5, 5.41) is 3.16. The number of rotatable bonds is 5. The minimum Gasteiger partial charge on any atom is -0.377 e. The molecule has 1 aliphatic carbocycles. The van der Waals surface area contributed by atoms with Crippen LogP contribution in [-0.4, -0.2) is 32.4 Å². The van der Waals surface area contributed by atoms with Gasteiger partial charge >= 0.3 is 0 Å². The predicted molar refractivity (Wildman–Crippen MR) is 63.2 cm³/mol. The molecule has 0 aliphatic heterocycles. The van der Waals surface area contributed by atoms with Crippen LogP contribution in [0.25, 0.3) is 0 Å². The van der Waals surface area contributed by atoms with Crippen LogP contribution in [0.1, 0.15) is 12.0 Å². The number of hydrogen-bond donors (Lipinski definition) is 1. The number of likely N-dealkylation sites (N-methyl/N-ethyl adjacent to an activating group) is 1. The largest absolute Gasteiger partial charge is 0.377 e. The van der Waals surface area contributed by atoms with Crippen LogP contribution >= 0.6 is 0 Å². The van der Waals surface area contributed by atoms with Gasteiger partial charge in [0.15, 0.2) is 0 Å². The quantitative estimate of drug-likeness (QED) is 0.848. The third-order valence-electron chi connectivity index (χ3n) is 3.30. The van der Waals surface area contributed by atoms with E-state index >= 15 is 0 Å². The monoisotopic (exact) mass is 239 g/mol. The van der Waals surface area contributed by atoms with Gasteiger partial charge in [-0.25, -0.2) is 4.39 Å². The first-order valence-corrected chi connectivity index (χ1v) is 5.81. The second-order valence-corrected chi connectivity index (χ2v) is 4.27. The molecule has 0 bridgehead atoms. The smallest absolute Gasteiger partial charge is 0.128 e. The van der Waals surface area contributed by atoms with E-state index in [9.17, 15) is 4.39 Å². The Morgan fingerprint density at radius 2 is 2.18 bits per heavy atom. The van der Waals surface area contributed by atoms with Crippen LogP contribution in [0.4, 0.5) is 4.39 Å². The van der Waals surface area contributed by atoms with Gasteiger partial charge < -0.3 is 14.8 Å². The Hall–Kier alpha value is -0.970. The summed E-state index contributed by atoms with van der Waals surface area (Å²) in [6, 6.07) is 7.02. The van der Waals surface area contributed by atoms with E-state index in [-0.39, 0.29) is 18.0 Å². The normalized spacial score (nSPS) is 27.8. The highest BCUT2D eigenvalue weighted by Crippen LogP contribution is 2.27. The van der Waals surface area contributed by atoms with Gasteiger partial charge in [-0.3, -0.25) is 0 Å². The number of hydrogen-bond acceptors (Lipinski definition) is 3. The summed E-state index contributed by atoms with van der Waals surface area (Å²) in [5.41, 5.74) is 0.593. The molecule has 0 saturated heterocycles. The van der Waals surface area contributed by atoms with Crippen molar-refractivity contribution in [3.8, 4) is 0 Å². The zero-order chi connectivity index (χ0) is 12.3. The maximum atomic E-state index is 13.4. The van der Waals surface area contributed by atoms with Crippen LogP contribution < -0.4 is 5.32 Å². The zero-order valence-corrected chi connectivity index (χ0v) is 10.2. The van der Waals surface area contributed by atoms with E-state index in [2.05, 4.69) is 5.32 Å². The minimum absolute atomic E-state index is 0.0528. The summed E-state index contributed by atoms with van der Waals surface area (Å²) in [5.74, 6) is -0.217. The molecule has 1 aromatic rings. The fourth-order valence-electron chi connectivity index (χ4n) is 2.16. The van der Waals surface area contributed by atoms with Crippen LogP contribution in [0.2, 0.25) is 0 Å². The van der Waals surface area contributed by atoms with Gasteiger partial charge in [-0.05, 0) is 19.5 Å². The molecule has 1 fully saturated rings. The summed E-state index contributed by atoms with van der Waals surface area (Å²) in [7, 11) is 3.58. The molecule has 2 rings (SSSR count). The van der Waals surface area contributed by atoms with Crippen LogP contribution in [-0.2, 0) is 16.1 Å². The summed E-state index contributed by atoms with van der Waals surface area (Å²) < 4.78 is 24.4. The van der Waals surface area contributed by atoms with Crippen molar-refractivity contribution >= 4 is 0 Å². The van der Waals surface area contributed by atoms with Crippen LogP contribution in [0.15, 0.2) is 24.3 Å². The molecule has 17 heavy (non-hydrogen) atoms. The molecule has 4 heteroatoms. The number of ether oxygens (including phenoxy) is 2. The van der Waals surface area contributed by atoms with E-state index in [1.165, 1.54) is 6.07 Å². The number of nitrogens with one attached hydrogen (secondary N) is 1. The molecule has 1 N–H and O–H groups in total. The molecule has 0 heterocycles. The number of halogens is 1. The molecule has 1 aliphatic rings. The van der Waals surface area contributed by atoms with Crippen LogP contribution in [0, 0.1) is 5.82 Å². The Morgan fingerprint density at radius 1 is 1.41 bits per heavy atom. The second kappa shape index (κ2) is 5.58. The Kier molecular flexibility index (Phi) is 4.10. The van der Waals surface area contributed by atoms with Gasteiger partial charge in [0.05, 0.1) is 18.8 Å². The van der Waals surface area contributed by atoms with Crippen LogP contribution in [0.5, 0.6) is 0 Å². The topological polar surface area (TPSA) is 30.5 Å². The lowest BCUT2D eigenvalue weighted by atomic mass is 9.85. The standard InChI is InChI=1S/C13H18FNO2/c1-15-11-7-12(13(11)16-2)17-8-9-5-3-4-6-10(9)14/h3-6,11-13,15H,7-8H2,1-2H3. The lowest BCUT2D eigenvalue weighted by Crippen LogP contribution is -2.58. The van der Waals surface area contributed by atoms with E-state index in [0.717, 1.165) is 6.42 Å². The van der Waals surface area contributed by atoms with E-state index in [0.29, 0.717) is 18.2 Å². The molecule has 94 valence electrons. The molecule has 3 atom stereocenters. The first kappa shape index (κ1) is 12.5. The Balaban J connectivity index is 1.86. The Morgan fingerprint density at radius 3 is 2.82 bits per heavy atom. The first-order valence-electron chi connectivity index (χ1n) is 5.81. The predicted octanol–water partition coefficient (Wildman–Crippen LogP) is 1.72. The Labute approximate surface area is 101 Å². The van der Waals surface area contributed by atoms with Gasteiger partial charge in [0.1, 0.15) is 5.82 Å². The second-order valence-electron chi connectivity index (χ2n) is 4.27. The van der Waals surface area contributed by atoms with Gasteiger partial charge in [0.2, 0.25) is 0 Å². The van der Waals surface area contributed by atoms with Crippen LogP contribution in [0.3, 0.4) is 0 Å². The molecular formula is C13H18FNO2. The van der Waals surface area contributed by atoms with Gasteiger partial charge in [0, 0.05) is 18.7 Å². The lowest BCUT2D eigenvalue weighted by molar-refractivity contribution is -0.138. The highest BCUT2D eigenvalue weighted by Gasteiger charge is 2.41. The molecule has 0 radical (unpaired) electrons. The fraction of sp³-hybridized carbons (Fsp3) is 0.538. The highest BCUT2D eigenvalue weighted by atomic mass is 19.1. The third kappa shape index (κ3) is 2.65. The average molecular weight is 239 g/mol. The molecule has 3 unspecified atom stereocenters. The van der Waals surface area contributed by atoms with Crippen molar-refractivity contribution in [3.05, 3.63) is 35.6 Å². The molecule has 1 saturated carbocycles. The summed E-state index contributed by atoms with van der Waals surface area (Å²) in [6.45, 7) is 0.299. The SMILES string of the molecule is CNC1CC(OCc2ccccc2F)C1OC. The maximum Gasteiger partial charge on any atom is 0.128 e. The molecule has 1 aromatic carbocycles. The molecular weight excluding hydrogens is 221 g/mol. The molecule has 3 nitrogen and oxygen atoms in total. The maximum absolute atomic E-state index is 13.4. The number of methoxy groups -OCH3 is 1. The Bertz CT molecular complexity index is 372. The summed E-state index contributed by atoms with van der Waals surface area (Å²) in [6.07, 6.45) is 1.02. The highest BCUT2D eigenvalue weighted by molar-refractivity contribution is 5.16. The number of benzene rings is 1. The van der Waals surface area contributed by atoms with E-state index in [1.807, 2.05) is 13.1 Å². The van der Waals surface area contributed by atoms with E-state index < -0.39 is 0 Å². The summed E-state index contributed by atoms with van der Waals surface area (Å²) >= 11 is 0. The minimum atomic E-state index is -0.217. The fourth-order valence-corrected chi connectivity index (χ4v) is 2.16. The van der Waals surface area contributed by atoms with Crippen molar-refractivity contribution in [1.82, 2.24) is 5.32 Å². The van der Waals surface area contributed by atoms with Crippen molar-refractivity contribution in [2.45, 2.75) is 31.3 Å². The first-order chi connectivity index (χ1) is 8.26. The van der Waals surface area contributed by atoms with Gasteiger partial charge in [-0.2, -0.15) is 0 Å². The van der Waals surface area contributed by atoms with Crippen molar-refractivity contribution in [1.29, 1.82) is 0 Å². The average Bonchev–Trinajstić information content (AvgIpc) is 2.31. The zero-order valence-electron chi connectivity index (χ0n) is 10.2. The van der Waals surface area contributed by atoms with Crippen molar-refractivity contribution in [3.63, 3.8) is 0 Å². The lowest BCUT2D eigenvalue weighted by Gasteiger charge is -2.43. The van der Waals surface area contributed by atoms with Gasteiger partial charge in [-0.1, -0.05) is 18.2 Å². The molecule has 0 spiro atoms. The van der Waals surface area contributed by atoms with Crippen molar-refractivity contribution in [2.24, 2.45) is 0 Å². The van der Waals surface area contributed by atoms with E-state index in [4.69, 9.17) is 9.47 Å². The van der Waals surface area contributed by atoms with E-state index in [1.54, 1.807) is 19.2 Å². The molecule has 0 aromatic heterocycles. The van der Waals surface area contributed by atoms with Gasteiger partial charge in [-0.15, -0.1) is 0 Å².